The van der Waals surface area contributed by atoms with Crippen molar-refractivity contribution in [3.05, 3.63) is 39.4 Å². The van der Waals surface area contributed by atoms with Gasteiger partial charge in [0, 0.05) is 10.9 Å². The summed E-state index contributed by atoms with van der Waals surface area (Å²) in [6, 6.07) is 4.43. The first-order valence-corrected chi connectivity index (χ1v) is 5.47. The van der Waals surface area contributed by atoms with Gasteiger partial charge in [0.25, 0.3) is 0 Å². The normalized spacial score (nSPS) is 10.6. The number of nitrogens with zero attached hydrogens (tertiary/aromatic N) is 1. The van der Waals surface area contributed by atoms with E-state index in [2.05, 4.69) is 4.98 Å². The van der Waals surface area contributed by atoms with Crippen molar-refractivity contribution in [2.45, 2.75) is 6.61 Å². The summed E-state index contributed by atoms with van der Waals surface area (Å²) in [5.74, 6) is -0.446. The highest BCUT2D eigenvalue weighted by Crippen LogP contribution is 2.26. The van der Waals surface area contributed by atoms with Gasteiger partial charge in [0.05, 0.1) is 17.3 Å². The molecule has 2 rings (SSSR count). The average Bonchev–Trinajstić information content (AvgIpc) is 2.70. The fourth-order valence-corrected chi connectivity index (χ4v) is 2.01. The summed E-state index contributed by atoms with van der Waals surface area (Å²) in [4.78, 5) is 4.16. The second-order valence-electron chi connectivity index (χ2n) is 2.91. The van der Waals surface area contributed by atoms with E-state index in [9.17, 15) is 4.39 Å². The second-order valence-corrected chi connectivity index (χ2v) is 4.26. The first-order chi connectivity index (χ1) is 7.20. The largest absolute Gasteiger partial charge is 0.389 e. The van der Waals surface area contributed by atoms with Crippen molar-refractivity contribution < 1.29 is 9.50 Å². The molecular weight excluding hydrogens is 237 g/mol. The molecule has 2 nitrogen and oxygen atoms in total. The number of hydrogen-bond donors (Lipinski definition) is 1. The third-order valence-corrected chi connectivity index (χ3v) is 3.03. The van der Waals surface area contributed by atoms with Crippen molar-refractivity contribution in [3.8, 4) is 11.3 Å². The summed E-state index contributed by atoms with van der Waals surface area (Å²) in [6.45, 7) is -0.0837. The average molecular weight is 244 g/mol. The van der Waals surface area contributed by atoms with E-state index in [1.54, 1.807) is 11.4 Å². The molecule has 0 bridgehead atoms. The Morgan fingerprint density at radius 3 is 2.87 bits per heavy atom. The Kier molecular flexibility index (Phi) is 3.00. The standard InChI is InChI=1S/C10H7ClFNOS/c11-7-3-6(1-2-8(7)12)9-5-15-10(4-14)13-9/h1-3,5,14H,4H2. The molecule has 15 heavy (non-hydrogen) atoms. The number of benzene rings is 1. The SMILES string of the molecule is OCc1nc(-c2ccc(F)c(Cl)c2)cs1. The zero-order valence-electron chi connectivity index (χ0n) is 7.58. The smallest absolute Gasteiger partial charge is 0.141 e. The Morgan fingerprint density at radius 2 is 2.27 bits per heavy atom. The van der Waals surface area contributed by atoms with Crippen molar-refractivity contribution in [1.82, 2.24) is 4.98 Å². The summed E-state index contributed by atoms with van der Waals surface area (Å²) in [5.41, 5.74) is 1.45. The quantitative estimate of drug-likeness (QED) is 0.879. The van der Waals surface area contributed by atoms with E-state index in [-0.39, 0.29) is 11.6 Å². The minimum Gasteiger partial charge on any atom is -0.389 e. The number of aliphatic hydroxyl groups excluding tert-OH is 1. The number of halogens is 2. The minimum absolute atomic E-state index is 0.0750. The van der Waals surface area contributed by atoms with Crippen molar-refractivity contribution >= 4 is 22.9 Å². The van der Waals surface area contributed by atoms with Crippen LogP contribution < -0.4 is 0 Å². The van der Waals surface area contributed by atoms with E-state index in [0.29, 0.717) is 10.7 Å². The summed E-state index contributed by atoms with van der Waals surface area (Å²) in [7, 11) is 0. The molecule has 0 saturated heterocycles. The first kappa shape index (κ1) is 10.5. The van der Waals surface area contributed by atoms with Crippen LogP contribution in [0.3, 0.4) is 0 Å². The predicted octanol–water partition coefficient (Wildman–Crippen LogP) is 3.09. The van der Waals surface area contributed by atoms with Gasteiger partial charge in [-0.25, -0.2) is 9.37 Å². The van der Waals surface area contributed by atoms with Crippen molar-refractivity contribution in [2.24, 2.45) is 0 Å². The van der Waals surface area contributed by atoms with Gasteiger partial charge in [-0.15, -0.1) is 11.3 Å². The zero-order valence-corrected chi connectivity index (χ0v) is 9.15. The fourth-order valence-electron chi connectivity index (χ4n) is 1.17. The maximum Gasteiger partial charge on any atom is 0.141 e. The molecule has 1 N–H and O–H groups in total. The molecule has 78 valence electrons. The molecule has 0 fully saturated rings. The van der Waals surface area contributed by atoms with Gasteiger partial charge >= 0.3 is 0 Å². The van der Waals surface area contributed by atoms with Crippen LogP contribution in [-0.2, 0) is 6.61 Å². The summed E-state index contributed by atoms with van der Waals surface area (Å²) in [6.07, 6.45) is 0. The lowest BCUT2D eigenvalue weighted by Gasteiger charge is -1.98. The fraction of sp³-hybridized carbons (Fsp3) is 0.100. The lowest BCUT2D eigenvalue weighted by Crippen LogP contribution is -1.83. The minimum atomic E-state index is -0.446. The Hall–Kier alpha value is -0.970. The summed E-state index contributed by atoms with van der Waals surface area (Å²) < 4.78 is 12.9. The molecule has 0 saturated carbocycles. The number of rotatable bonds is 2. The molecule has 0 aliphatic carbocycles. The third-order valence-electron chi connectivity index (χ3n) is 1.90. The van der Waals surface area contributed by atoms with E-state index < -0.39 is 5.82 Å². The van der Waals surface area contributed by atoms with Crippen LogP contribution in [0.15, 0.2) is 23.6 Å². The molecule has 0 unspecified atom stereocenters. The predicted molar refractivity (Wildman–Crippen MR) is 58.4 cm³/mol. The second kappa shape index (κ2) is 4.26. The van der Waals surface area contributed by atoms with Gasteiger partial charge in [-0.3, -0.25) is 0 Å². The molecule has 2 aromatic rings. The Morgan fingerprint density at radius 1 is 1.47 bits per heavy atom. The van der Waals surface area contributed by atoms with Crippen LogP contribution in [0.1, 0.15) is 5.01 Å². The summed E-state index contributed by atoms with van der Waals surface area (Å²) in [5, 5.41) is 11.4. The van der Waals surface area contributed by atoms with Gasteiger partial charge in [0.2, 0.25) is 0 Å². The Labute approximate surface area is 95.0 Å². The van der Waals surface area contributed by atoms with Crippen LogP contribution in [0.2, 0.25) is 5.02 Å². The van der Waals surface area contributed by atoms with Crippen LogP contribution in [0.25, 0.3) is 11.3 Å². The highest BCUT2D eigenvalue weighted by molar-refractivity contribution is 7.09. The van der Waals surface area contributed by atoms with E-state index >= 15 is 0 Å². The van der Waals surface area contributed by atoms with E-state index in [4.69, 9.17) is 16.7 Å². The molecule has 0 radical (unpaired) electrons. The molecule has 1 aromatic heterocycles. The number of hydrogen-bond acceptors (Lipinski definition) is 3. The third kappa shape index (κ3) is 2.17. The van der Waals surface area contributed by atoms with Crippen LogP contribution in [-0.4, -0.2) is 10.1 Å². The molecule has 0 aliphatic heterocycles. The Balaban J connectivity index is 2.40. The first-order valence-electron chi connectivity index (χ1n) is 4.21. The van der Waals surface area contributed by atoms with Crippen molar-refractivity contribution in [3.63, 3.8) is 0 Å². The van der Waals surface area contributed by atoms with Gasteiger partial charge in [0.1, 0.15) is 10.8 Å². The monoisotopic (exact) mass is 243 g/mol. The Bertz CT molecular complexity index is 486. The molecule has 0 atom stereocenters. The molecule has 1 aromatic carbocycles. The molecule has 0 aliphatic rings. The van der Waals surface area contributed by atoms with Crippen LogP contribution in [0, 0.1) is 5.82 Å². The highest BCUT2D eigenvalue weighted by Gasteiger charge is 2.06. The van der Waals surface area contributed by atoms with Gasteiger partial charge < -0.3 is 5.11 Å². The van der Waals surface area contributed by atoms with Gasteiger partial charge in [0.15, 0.2) is 0 Å². The van der Waals surface area contributed by atoms with Gasteiger partial charge in [-0.1, -0.05) is 11.6 Å². The zero-order chi connectivity index (χ0) is 10.8. The van der Waals surface area contributed by atoms with E-state index in [0.717, 1.165) is 5.56 Å². The molecular formula is C10H7ClFNOS. The lowest BCUT2D eigenvalue weighted by molar-refractivity contribution is 0.281. The molecule has 5 heteroatoms. The topological polar surface area (TPSA) is 33.1 Å². The van der Waals surface area contributed by atoms with Crippen LogP contribution in [0.4, 0.5) is 4.39 Å². The van der Waals surface area contributed by atoms with E-state index in [1.807, 2.05) is 0 Å². The molecule has 1 heterocycles. The van der Waals surface area contributed by atoms with Gasteiger partial charge in [-0.05, 0) is 18.2 Å². The van der Waals surface area contributed by atoms with Crippen LogP contribution in [0.5, 0.6) is 0 Å². The van der Waals surface area contributed by atoms with Crippen LogP contribution >= 0.6 is 22.9 Å². The molecule has 0 spiro atoms. The lowest BCUT2D eigenvalue weighted by atomic mass is 10.2. The maximum absolute atomic E-state index is 12.9. The van der Waals surface area contributed by atoms with Crippen molar-refractivity contribution in [2.75, 3.05) is 0 Å². The van der Waals surface area contributed by atoms with E-state index in [1.165, 1.54) is 23.5 Å². The summed E-state index contributed by atoms with van der Waals surface area (Å²) >= 11 is 7.01. The van der Waals surface area contributed by atoms with Crippen molar-refractivity contribution in [1.29, 1.82) is 0 Å². The number of thiazole rings is 1. The number of aromatic nitrogens is 1. The maximum atomic E-state index is 12.9. The van der Waals surface area contributed by atoms with Gasteiger partial charge in [-0.2, -0.15) is 0 Å². The highest BCUT2D eigenvalue weighted by atomic mass is 35.5. The number of aliphatic hydroxyl groups is 1. The molecule has 0 amide bonds.